The van der Waals surface area contributed by atoms with Crippen LogP contribution in [0.25, 0.3) is 11.0 Å². The second-order valence-corrected chi connectivity index (χ2v) is 6.36. The average Bonchev–Trinajstić information content (AvgIpc) is 2.64. The van der Waals surface area contributed by atoms with Gasteiger partial charge in [-0.05, 0) is 44.9 Å². The third-order valence-electron chi connectivity index (χ3n) is 4.44. The zero-order valence-electron chi connectivity index (χ0n) is 13.2. The molecule has 21 heavy (non-hydrogen) atoms. The summed E-state index contributed by atoms with van der Waals surface area (Å²) in [5, 5.41) is 0. The Hall–Kier alpha value is -1.81. The second kappa shape index (κ2) is 5.19. The second-order valence-electron chi connectivity index (χ2n) is 6.36. The summed E-state index contributed by atoms with van der Waals surface area (Å²) in [7, 11) is 0. The molecule has 1 atom stereocenters. The van der Waals surface area contributed by atoms with Crippen LogP contribution in [-0.2, 0) is 13.1 Å². The van der Waals surface area contributed by atoms with E-state index in [9.17, 15) is 4.79 Å². The molecular weight excluding hydrogens is 262 g/mol. The highest BCUT2D eigenvalue weighted by Gasteiger charge is 2.24. The van der Waals surface area contributed by atoms with Crippen molar-refractivity contribution in [1.29, 1.82) is 0 Å². The van der Waals surface area contributed by atoms with Crippen LogP contribution >= 0.6 is 0 Å². The van der Waals surface area contributed by atoms with Crippen LogP contribution in [0.2, 0.25) is 0 Å². The molecule has 2 aromatic rings. The van der Waals surface area contributed by atoms with Crippen LogP contribution in [0.1, 0.15) is 31.9 Å². The molecule has 0 saturated carbocycles. The van der Waals surface area contributed by atoms with Gasteiger partial charge in [-0.15, -0.1) is 0 Å². The highest BCUT2D eigenvalue weighted by Crippen LogP contribution is 2.26. The van der Waals surface area contributed by atoms with Gasteiger partial charge in [0.15, 0.2) is 0 Å². The number of aromatic nitrogens is 2. The third-order valence-corrected chi connectivity index (χ3v) is 4.44. The van der Waals surface area contributed by atoms with Gasteiger partial charge in [0, 0.05) is 25.7 Å². The summed E-state index contributed by atoms with van der Waals surface area (Å²) in [5.41, 5.74) is 5.92. The Kier molecular flexibility index (Phi) is 3.49. The number of nitrogens with one attached hydrogen (secondary N) is 1. The van der Waals surface area contributed by atoms with Crippen LogP contribution in [-0.4, -0.2) is 27.0 Å². The van der Waals surface area contributed by atoms with Gasteiger partial charge in [-0.2, -0.15) is 0 Å². The summed E-state index contributed by atoms with van der Waals surface area (Å²) >= 11 is 0. The molecule has 0 saturated heterocycles. The minimum absolute atomic E-state index is 0.00719. The van der Waals surface area contributed by atoms with Gasteiger partial charge in [-0.1, -0.05) is 17.7 Å². The van der Waals surface area contributed by atoms with Crippen molar-refractivity contribution in [2.24, 2.45) is 0 Å². The molecule has 3 rings (SSSR count). The first-order valence-corrected chi connectivity index (χ1v) is 7.55. The predicted molar refractivity (Wildman–Crippen MR) is 86.6 cm³/mol. The van der Waals surface area contributed by atoms with E-state index in [0.29, 0.717) is 6.04 Å². The number of aromatic amines is 1. The maximum absolute atomic E-state index is 12.2. The van der Waals surface area contributed by atoms with Crippen LogP contribution in [0.4, 0.5) is 0 Å². The first kappa shape index (κ1) is 14.1. The van der Waals surface area contributed by atoms with Crippen molar-refractivity contribution in [1.82, 2.24) is 14.5 Å². The van der Waals surface area contributed by atoms with Gasteiger partial charge >= 0.3 is 5.69 Å². The lowest BCUT2D eigenvalue weighted by atomic mass is 10.1. The number of H-pyrrole nitrogens is 1. The molecule has 0 aliphatic carbocycles. The van der Waals surface area contributed by atoms with Gasteiger partial charge in [-0.3, -0.25) is 9.47 Å². The molecule has 2 heterocycles. The van der Waals surface area contributed by atoms with Gasteiger partial charge in [0.2, 0.25) is 0 Å². The van der Waals surface area contributed by atoms with Crippen molar-refractivity contribution in [2.75, 3.05) is 6.54 Å². The molecule has 0 unspecified atom stereocenters. The standard InChI is InChI=1S/C17H23N3O/c1-11(2)7-8-19-10-14-12(3)5-6-15-16(14)20(9-13(19)4)17(21)18-15/h5-7,13H,8-10H2,1-4H3,(H,18,21)/t13-/m0/s1. The fourth-order valence-corrected chi connectivity index (χ4v) is 3.09. The molecule has 0 radical (unpaired) electrons. The molecule has 0 bridgehead atoms. The first-order valence-electron chi connectivity index (χ1n) is 7.55. The summed E-state index contributed by atoms with van der Waals surface area (Å²) in [4.78, 5) is 17.6. The maximum Gasteiger partial charge on any atom is 0.326 e. The molecule has 1 aromatic carbocycles. The molecule has 4 nitrogen and oxygen atoms in total. The topological polar surface area (TPSA) is 41.0 Å². The Balaban J connectivity index is 2.12. The minimum Gasteiger partial charge on any atom is -0.306 e. The number of rotatable bonds is 2. The summed E-state index contributed by atoms with van der Waals surface area (Å²) in [6.07, 6.45) is 2.26. The summed E-state index contributed by atoms with van der Waals surface area (Å²) in [5.74, 6) is 0. The van der Waals surface area contributed by atoms with E-state index in [1.165, 1.54) is 16.7 Å². The zero-order valence-corrected chi connectivity index (χ0v) is 13.2. The van der Waals surface area contributed by atoms with E-state index in [4.69, 9.17) is 0 Å². The summed E-state index contributed by atoms with van der Waals surface area (Å²) < 4.78 is 1.91. The number of hydrogen-bond acceptors (Lipinski definition) is 2. The Bertz CT molecular complexity index is 762. The van der Waals surface area contributed by atoms with Gasteiger partial charge < -0.3 is 4.98 Å². The number of hydrogen-bond donors (Lipinski definition) is 1. The highest BCUT2D eigenvalue weighted by atomic mass is 16.1. The maximum atomic E-state index is 12.2. The van der Waals surface area contributed by atoms with E-state index in [-0.39, 0.29) is 5.69 Å². The lowest BCUT2D eigenvalue weighted by molar-refractivity contribution is 0.209. The molecule has 1 N–H and O–H groups in total. The van der Waals surface area contributed by atoms with Crippen molar-refractivity contribution in [2.45, 2.75) is 46.8 Å². The van der Waals surface area contributed by atoms with Crippen molar-refractivity contribution < 1.29 is 0 Å². The van der Waals surface area contributed by atoms with Gasteiger partial charge in [0.1, 0.15) is 0 Å². The lowest BCUT2D eigenvalue weighted by Gasteiger charge is -2.26. The van der Waals surface area contributed by atoms with E-state index >= 15 is 0 Å². The minimum atomic E-state index is 0.00719. The van der Waals surface area contributed by atoms with E-state index in [0.717, 1.165) is 30.7 Å². The van der Waals surface area contributed by atoms with Crippen molar-refractivity contribution in [3.8, 4) is 0 Å². The van der Waals surface area contributed by atoms with E-state index in [1.807, 2.05) is 10.6 Å². The van der Waals surface area contributed by atoms with Crippen molar-refractivity contribution in [3.63, 3.8) is 0 Å². The SMILES string of the molecule is CC(C)=CCN1Cc2c(C)ccc3[nH]c(=O)n(c23)C[C@@H]1C. The van der Waals surface area contributed by atoms with Crippen LogP contribution in [0, 0.1) is 6.92 Å². The largest absolute Gasteiger partial charge is 0.326 e. The Morgan fingerprint density at radius 3 is 2.90 bits per heavy atom. The van der Waals surface area contributed by atoms with Gasteiger partial charge in [0.05, 0.1) is 11.0 Å². The van der Waals surface area contributed by atoms with E-state index < -0.39 is 0 Å². The molecule has 0 spiro atoms. The number of allylic oxidation sites excluding steroid dienone is 1. The van der Waals surface area contributed by atoms with E-state index in [1.54, 1.807) is 0 Å². The molecule has 1 aliphatic rings. The summed E-state index contributed by atoms with van der Waals surface area (Å²) in [6, 6.07) is 4.46. The Labute approximate surface area is 125 Å². The quantitative estimate of drug-likeness (QED) is 0.862. The first-order chi connectivity index (χ1) is 9.97. The summed E-state index contributed by atoms with van der Waals surface area (Å²) in [6.45, 7) is 11.2. The van der Waals surface area contributed by atoms with Crippen LogP contribution in [0.5, 0.6) is 0 Å². The fraction of sp³-hybridized carbons (Fsp3) is 0.471. The van der Waals surface area contributed by atoms with Crippen LogP contribution in [0.15, 0.2) is 28.6 Å². The van der Waals surface area contributed by atoms with Crippen LogP contribution < -0.4 is 5.69 Å². The monoisotopic (exact) mass is 285 g/mol. The zero-order chi connectivity index (χ0) is 15.1. The molecule has 112 valence electrons. The van der Waals surface area contributed by atoms with E-state index in [2.05, 4.69) is 49.7 Å². The molecular formula is C17H23N3O. The molecule has 0 amide bonds. The predicted octanol–water partition coefficient (Wildman–Crippen LogP) is 2.81. The normalized spacial score (nSPS) is 18.8. The molecule has 1 aromatic heterocycles. The number of nitrogens with zero attached hydrogens (tertiary/aromatic N) is 2. The third kappa shape index (κ3) is 2.44. The number of aryl methyl sites for hydroxylation is 1. The molecule has 0 fully saturated rings. The average molecular weight is 285 g/mol. The Morgan fingerprint density at radius 1 is 1.43 bits per heavy atom. The van der Waals surface area contributed by atoms with Gasteiger partial charge in [-0.25, -0.2) is 4.79 Å². The lowest BCUT2D eigenvalue weighted by Crippen LogP contribution is -2.36. The van der Waals surface area contributed by atoms with Crippen molar-refractivity contribution in [3.05, 3.63) is 45.4 Å². The molecule has 4 heteroatoms. The smallest absolute Gasteiger partial charge is 0.306 e. The molecule has 1 aliphatic heterocycles. The van der Waals surface area contributed by atoms with Crippen LogP contribution in [0.3, 0.4) is 0 Å². The number of imidazole rings is 1. The van der Waals surface area contributed by atoms with Crippen molar-refractivity contribution >= 4 is 11.0 Å². The Morgan fingerprint density at radius 2 is 2.19 bits per heavy atom. The highest BCUT2D eigenvalue weighted by molar-refractivity contribution is 5.80. The number of benzene rings is 1. The fourth-order valence-electron chi connectivity index (χ4n) is 3.09. The van der Waals surface area contributed by atoms with Gasteiger partial charge in [0.25, 0.3) is 0 Å².